The summed E-state index contributed by atoms with van der Waals surface area (Å²) in [5.41, 5.74) is 1.29. The van der Waals surface area contributed by atoms with Gasteiger partial charge < -0.3 is 20.3 Å². The second kappa shape index (κ2) is 12.6. The molecule has 1 rings (SSSR count). The lowest BCUT2D eigenvalue weighted by Gasteiger charge is -2.44. The van der Waals surface area contributed by atoms with Gasteiger partial charge in [0.05, 0.1) is 0 Å². The van der Waals surface area contributed by atoms with Gasteiger partial charge in [0.2, 0.25) is 11.8 Å². The maximum Gasteiger partial charge on any atom is 0.408 e. The molecule has 1 aromatic carbocycles. The van der Waals surface area contributed by atoms with Crippen molar-refractivity contribution in [1.82, 2.24) is 15.5 Å². The van der Waals surface area contributed by atoms with E-state index < -0.39 is 29.3 Å². The summed E-state index contributed by atoms with van der Waals surface area (Å²) in [7, 11) is 0. The average molecular weight is 504 g/mol. The summed E-state index contributed by atoms with van der Waals surface area (Å²) in [6.45, 7) is 22.8. The first-order valence-electron chi connectivity index (χ1n) is 13.1. The first-order valence-corrected chi connectivity index (χ1v) is 13.1. The van der Waals surface area contributed by atoms with Crippen molar-refractivity contribution in [2.24, 2.45) is 5.92 Å². The quantitative estimate of drug-likeness (QED) is 0.444. The van der Waals surface area contributed by atoms with Gasteiger partial charge in [-0.2, -0.15) is 0 Å². The molecule has 0 aliphatic rings. The number of amides is 3. The average Bonchev–Trinajstić information content (AvgIpc) is 2.69. The third-order valence-corrected chi connectivity index (χ3v) is 5.91. The molecule has 7 nitrogen and oxygen atoms in total. The summed E-state index contributed by atoms with van der Waals surface area (Å²) in [4.78, 5) is 42.4. The fraction of sp³-hybridized carbons (Fsp3) is 0.690. The second-order valence-electron chi connectivity index (χ2n) is 12.2. The zero-order valence-corrected chi connectivity index (χ0v) is 24.5. The predicted molar refractivity (Wildman–Crippen MR) is 146 cm³/mol. The summed E-state index contributed by atoms with van der Waals surface area (Å²) in [6, 6.07) is 4.18. The lowest BCUT2D eigenvalue weighted by molar-refractivity contribution is -0.149. The molecule has 0 saturated heterocycles. The first-order chi connectivity index (χ1) is 16.4. The van der Waals surface area contributed by atoms with Crippen LogP contribution < -0.4 is 10.6 Å². The van der Waals surface area contributed by atoms with Crippen molar-refractivity contribution in [2.45, 2.75) is 125 Å². The van der Waals surface area contributed by atoms with Crippen LogP contribution >= 0.6 is 0 Å². The minimum absolute atomic E-state index is 0.0344. The Bertz CT molecular complexity index is 912. The van der Waals surface area contributed by atoms with Crippen LogP contribution in [0, 0.1) is 19.8 Å². The van der Waals surface area contributed by atoms with Crippen molar-refractivity contribution in [3.8, 4) is 0 Å². The fourth-order valence-electron chi connectivity index (χ4n) is 4.22. The molecule has 0 aliphatic heterocycles. The number of hydrogen-bond donors (Lipinski definition) is 2. The van der Waals surface area contributed by atoms with Gasteiger partial charge in [0, 0.05) is 11.6 Å². The number of nitrogens with zero attached hydrogens (tertiary/aromatic N) is 1. The number of carbonyl (C=O) groups excluding carboxylic acids is 3. The minimum atomic E-state index is -0.868. The van der Waals surface area contributed by atoms with Crippen molar-refractivity contribution >= 4 is 17.9 Å². The lowest BCUT2D eigenvalue weighted by Crippen LogP contribution is -2.60. The van der Waals surface area contributed by atoms with Gasteiger partial charge in [-0.3, -0.25) is 9.59 Å². The highest BCUT2D eigenvalue weighted by Crippen LogP contribution is 2.33. The Morgan fingerprint density at radius 2 is 1.56 bits per heavy atom. The van der Waals surface area contributed by atoms with Gasteiger partial charge in [0.1, 0.15) is 17.7 Å². The molecule has 0 heterocycles. The second-order valence-corrected chi connectivity index (χ2v) is 12.2. The molecule has 204 valence electrons. The Hall–Kier alpha value is -2.57. The van der Waals surface area contributed by atoms with Crippen LogP contribution in [-0.4, -0.2) is 46.0 Å². The highest BCUT2D eigenvalue weighted by atomic mass is 16.6. The van der Waals surface area contributed by atoms with Crippen molar-refractivity contribution in [3.63, 3.8) is 0 Å². The van der Waals surface area contributed by atoms with E-state index in [0.717, 1.165) is 29.5 Å². The summed E-state index contributed by atoms with van der Waals surface area (Å²) in [6.07, 6.45) is 1.11. The molecule has 1 aromatic rings. The number of benzene rings is 1. The molecule has 2 N–H and O–H groups in total. The molecule has 0 bridgehead atoms. The van der Waals surface area contributed by atoms with Crippen LogP contribution in [0.25, 0.3) is 0 Å². The number of rotatable bonds is 9. The predicted octanol–water partition coefficient (Wildman–Crippen LogP) is 5.83. The van der Waals surface area contributed by atoms with Crippen molar-refractivity contribution in [1.29, 1.82) is 0 Å². The molecule has 3 atom stereocenters. The van der Waals surface area contributed by atoms with E-state index in [9.17, 15) is 14.4 Å². The van der Waals surface area contributed by atoms with E-state index in [0.29, 0.717) is 0 Å². The van der Waals surface area contributed by atoms with Gasteiger partial charge in [-0.15, -0.1) is 0 Å². The molecule has 0 aliphatic carbocycles. The molecule has 3 amide bonds. The first kappa shape index (κ1) is 31.5. The van der Waals surface area contributed by atoms with Crippen LogP contribution in [0.15, 0.2) is 18.2 Å². The normalized spacial score (nSPS) is 14.6. The van der Waals surface area contributed by atoms with E-state index in [4.69, 9.17) is 4.74 Å². The number of alkyl carbamates (subject to hydrolysis) is 1. The maximum atomic E-state index is 14.2. The van der Waals surface area contributed by atoms with E-state index in [-0.39, 0.29) is 23.8 Å². The zero-order chi connectivity index (χ0) is 28.0. The van der Waals surface area contributed by atoms with Gasteiger partial charge in [0.15, 0.2) is 0 Å². The molecule has 0 saturated carbocycles. The Labute approximate surface area is 218 Å². The van der Waals surface area contributed by atoms with Crippen molar-refractivity contribution in [2.75, 3.05) is 0 Å². The van der Waals surface area contributed by atoms with Crippen LogP contribution in [-0.2, 0) is 14.3 Å². The Morgan fingerprint density at radius 1 is 0.972 bits per heavy atom. The van der Waals surface area contributed by atoms with Crippen molar-refractivity contribution in [3.05, 3.63) is 34.9 Å². The molecule has 36 heavy (non-hydrogen) atoms. The third kappa shape index (κ3) is 9.14. The smallest absolute Gasteiger partial charge is 0.408 e. The van der Waals surface area contributed by atoms with E-state index in [2.05, 4.69) is 17.6 Å². The van der Waals surface area contributed by atoms with E-state index >= 15 is 0 Å². The topological polar surface area (TPSA) is 87.7 Å². The number of carbonyl (C=O) groups is 3. The van der Waals surface area contributed by atoms with E-state index in [1.54, 1.807) is 25.7 Å². The van der Waals surface area contributed by atoms with E-state index in [1.807, 2.05) is 73.6 Å². The van der Waals surface area contributed by atoms with Crippen LogP contribution in [0.2, 0.25) is 0 Å². The Balaban J connectivity index is 3.64. The maximum absolute atomic E-state index is 14.2. The number of nitrogens with one attached hydrogen (secondary N) is 2. The van der Waals surface area contributed by atoms with Crippen LogP contribution in [0.5, 0.6) is 0 Å². The van der Waals surface area contributed by atoms with Gasteiger partial charge in [-0.25, -0.2) is 4.79 Å². The molecule has 0 radical (unpaired) electrons. The Kier molecular flexibility index (Phi) is 11.0. The highest BCUT2D eigenvalue weighted by Gasteiger charge is 2.43. The highest BCUT2D eigenvalue weighted by molar-refractivity contribution is 5.93. The monoisotopic (exact) mass is 503 g/mol. The molecule has 0 spiro atoms. The van der Waals surface area contributed by atoms with Crippen molar-refractivity contribution < 1.29 is 19.1 Å². The molecule has 0 fully saturated rings. The Morgan fingerprint density at radius 3 is 2.03 bits per heavy atom. The van der Waals surface area contributed by atoms with Crippen LogP contribution in [0.1, 0.15) is 105 Å². The molecule has 7 heteroatoms. The molecular weight excluding hydrogens is 454 g/mol. The van der Waals surface area contributed by atoms with Gasteiger partial charge in [0.25, 0.3) is 0 Å². The van der Waals surface area contributed by atoms with Gasteiger partial charge in [-0.05, 0) is 85.8 Å². The largest absolute Gasteiger partial charge is 0.444 e. The van der Waals surface area contributed by atoms with Gasteiger partial charge >= 0.3 is 6.09 Å². The number of ether oxygens (including phenoxy) is 1. The third-order valence-electron chi connectivity index (χ3n) is 5.91. The lowest BCUT2D eigenvalue weighted by atomic mass is 9.90. The molecule has 3 unspecified atom stereocenters. The van der Waals surface area contributed by atoms with E-state index in [1.165, 1.54) is 0 Å². The fourth-order valence-corrected chi connectivity index (χ4v) is 4.22. The minimum Gasteiger partial charge on any atom is -0.444 e. The zero-order valence-electron chi connectivity index (χ0n) is 24.5. The molecule has 0 aromatic heterocycles. The summed E-state index contributed by atoms with van der Waals surface area (Å²) in [5.74, 6) is -0.781. The van der Waals surface area contributed by atoms with Crippen LogP contribution in [0.3, 0.4) is 0 Å². The summed E-state index contributed by atoms with van der Waals surface area (Å²) < 4.78 is 5.44. The summed E-state index contributed by atoms with van der Waals surface area (Å²) >= 11 is 0. The number of hydrogen-bond acceptors (Lipinski definition) is 4. The van der Waals surface area contributed by atoms with Crippen LogP contribution in [0.4, 0.5) is 4.79 Å². The number of aryl methyl sites for hydroxylation is 2. The standard InChI is InChI=1S/C29H49N3O4/c1-13-14-21(6)30-25(33)24(22-17-19(4)15-16-20(22)5)32(28(7,8)9)26(34)23(18(2)3)31-27(35)36-29(10,11)12/h15-18,21,23-24H,13-14H2,1-12H3,(H,30,33)(H,31,35). The molecular formula is C29H49N3O4. The summed E-state index contributed by atoms with van der Waals surface area (Å²) in [5, 5.41) is 5.90. The SMILES string of the molecule is CCCC(C)NC(=O)C(c1cc(C)ccc1C)N(C(=O)C(NC(=O)OC(C)(C)C)C(C)C)C(C)(C)C. The van der Waals surface area contributed by atoms with Gasteiger partial charge in [-0.1, -0.05) is 51.0 Å².